The fraction of sp³-hybridized carbons (Fsp3) is 0.981. The molecule has 3 N–H and O–H groups in total. The van der Waals surface area contributed by atoms with E-state index in [1.165, 1.54) is 263 Å². The molecule has 0 aliphatic carbocycles. The summed E-state index contributed by atoms with van der Waals surface area (Å²) in [5.74, 6) is -0.0317. The lowest BCUT2D eigenvalue weighted by Crippen LogP contribution is -2.45. The maximum absolute atomic E-state index is 12.3. The van der Waals surface area contributed by atoms with Crippen LogP contribution in [0, 0.1) is 0 Å². The largest absolute Gasteiger partial charge is 0.394 e. The van der Waals surface area contributed by atoms with Crippen molar-refractivity contribution < 1.29 is 15.0 Å². The Hall–Kier alpha value is -0.610. The van der Waals surface area contributed by atoms with Crippen LogP contribution in [0.15, 0.2) is 0 Å². The van der Waals surface area contributed by atoms with E-state index in [2.05, 4.69) is 19.2 Å². The first-order valence-electron chi connectivity index (χ1n) is 26.7. The van der Waals surface area contributed by atoms with E-state index in [-0.39, 0.29) is 12.5 Å². The third-order valence-electron chi connectivity index (χ3n) is 12.9. The third-order valence-corrected chi connectivity index (χ3v) is 12.9. The van der Waals surface area contributed by atoms with Gasteiger partial charge in [-0.05, 0) is 12.8 Å². The van der Waals surface area contributed by atoms with Gasteiger partial charge in [0, 0.05) is 6.42 Å². The minimum Gasteiger partial charge on any atom is -0.394 e. The lowest BCUT2D eigenvalue weighted by Gasteiger charge is -2.22. The number of aliphatic hydroxyl groups excluding tert-OH is 2. The quantitative estimate of drug-likeness (QED) is 0.0536. The first-order valence-corrected chi connectivity index (χ1v) is 26.7. The van der Waals surface area contributed by atoms with Crippen LogP contribution < -0.4 is 5.32 Å². The fourth-order valence-electron chi connectivity index (χ4n) is 8.78. The van der Waals surface area contributed by atoms with Crippen LogP contribution in [0.4, 0.5) is 0 Å². The maximum Gasteiger partial charge on any atom is 0.220 e. The number of hydrogen-bond donors (Lipinski definition) is 3. The van der Waals surface area contributed by atoms with E-state index in [0.29, 0.717) is 12.8 Å². The summed E-state index contributed by atoms with van der Waals surface area (Å²) < 4.78 is 0. The summed E-state index contributed by atoms with van der Waals surface area (Å²) in [7, 11) is 0. The zero-order valence-corrected chi connectivity index (χ0v) is 39.4. The van der Waals surface area contributed by atoms with Gasteiger partial charge in [0.25, 0.3) is 0 Å². The van der Waals surface area contributed by atoms with Gasteiger partial charge in [-0.2, -0.15) is 0 Å². The Morgan fingerprint density at radius 3 is 0.789 bits per heavy atom. The summed E-state index contributed by atoms with van der Waals surface area (Å²) >= 11 is 0. The summed E-state index contributed by atoms with van der Waals surface area (Å²) in [4.78, 5) is 12.3. The normalized spacial score (nSPS) is 12.7. The Morgan fingerprint density at radius 1 is 0.351 bits per heavy atom. The van der Waals surface area contributed by atoms with Crippen LogP contribution in [0.3, 0.4) is 0 Å². The van der Waals surface area contributed by atoms with Gasteiger partial charge in [0.2, 0.25) is 5.91 Å². The Balaban J connectivity index is 3.22. The summed E-state index contributed by atoms with van der Waals surface area (Å²) in [6, 6.07) is -0.527. The van der Waals surface area contributed by atoms with Gasteiger partial charge in [0.15, 0.2) is 0 Å². The van der Waals surface area contributed by atoms with E-state index >= 15 is 0 Å². The zero-order chi connectivity index (χ0) is 41.4. The molecule has 0 saturated heterocycles. The third kappa shape index (κ3) is 46.3. The Morgan fingerprint density at radius 2 is 0.561 bits per heavy atom. The number of carbonyl (C=O) groups excluding carboxylic acids is 1. The molecule has 0 aliphatic rings. The monoisotopic (exact) mass is 806 g/mol. The van der Waals surface area contributed by atoms with Crippen LogP contribution in [0.5, 0.6) is 0 Å². The molecule has 0 aliphatic heterocycles. The van der Waals surface area contributed by atoms with Crippen molar-refractivity contribution in [3.8, 4) is 0 Å². The van der Waals surface area contributed by atoms with Crippen LogP contribution >= 0.6 is 0 Å². The smallest absolute Gasteiger partial charge is 0.220 e. The van der Waals surface area contributed by atoms with Gasteiger partial charge in [0.05, 0.1) is 18.8 Å². The van der Waals surface area contributed by atoms with Gasteiger partial charge in [0.1, 0.15) is 0 Å². The molecule has 0 fully saturated rings. The molecule has 0 bridgehead atoms. The molecule has 57 heavy (non-hydrogen) atoms. The highest BCUT2D eigenvalue weighted by Crippen LogP contribution is 2.18. The lowest BCUT2D eigenvalue weighted by atomic mass is 10.0. The summed E-state index contributed by atoms with van der Waals surface area (Å²) in [5.41, 5.74) is 0. The lowest BCUT2D eigenvalue weighted by molar-refractivity contribution is -0.123. The van der Waals surface area contributed by atoms with Gasteiger partial charge in [-0.15, -0.1) is 0 Å². The predicted molar refractivity (Wildman–Crippen MR) is 253 cm³/mol. The summed E-state index contributed by atoms with van der Waals surface area (Å²) in [5, 5.41) is 22.8. The average Bonchev–Trinajstić information content (AvgIpc) is 3.21. The number of aliphatic hydroxyl groups is 2. The van der Waals surface area contributed by atoms with Crippen LogP contribution in [-0.4, -0.2) is 34.9 Å². The molecule has 0 aromatic heterocycles. The second kappa shape index (κ2) is 49.8. The maximum atomic E-state index is 12.3. The molecule has 0 radical (unpaired) electrons. The molecule has 342 valence electrons. The predicted octanol–water partition coefficient (Wildman–Crippen LogP) is 17.2. The van der Waals surface area contributed by atoms with E-state index < -0.39 is 12.1 Å². The Labute approximate surface area is 359 Å². The first kappa shape index (κ1) is 56.4. The van der Waals surface area contributed by atoms with Crippen molar-refractivity contribution >= 4 is 5.91 Å². The number of nitrogens with one attached hydrogen (secondary N) is 1. The zero-order valence-electron chi connectivity index (χ0n) is 39.4. The van der Waals surface area contributed by atoms with E-state index in [1.807, 2.05) is 0 Å². The van der Waals surface area contributed by atoms with Gasteiger partial charge >= 0.3 is 0 Å². The minimum absolute atomic E-state index is 0.0317. The second-order valence-electron chi connectivity index (χ2n) is 18.7. The number of carbonyl (C=O) groups is 1. The fourth-order valence-corrected chi connectivity index (χ4v) is 8.78. The van der Waals surface area contributed by atoms with Crippen molar-refractivity contribution in [2.24, 2.45) is 0 Å². The highest BCUT2D eigenvalue weighted by atomic mass is 16.3. The van der Waals surface area contributed by atoms with Crippen molar-refractivity contribution in [3.63, 3.8) is 0 Å². The second-order valence-corrected chi connectivity index (χ2v) is 18.7. The standard InChI is InChI=1S/C53H107NO3/c1-3-5-7-9-10-11-12-13-14-15-16-17-18-19-20-21-22-23-24-25-26-27-28-29-30-31-32-33-34-35-36-37-38-39-40-41-42-43-45-47-49-53(57)54-51(50-55)52(56)48-46-44-8-6-4-2/h51-52,55-56H,3-50H2,1-2H3,(H,54,57). The van der Waals surface area contributed by atoms with Crippen LogP contribution in [0.2, 0.25) is 0 Å². The molecule has 4 heteroatoms. The van der Waals surface area contributed by atoms with Crippen molar-refractivity contribution in [1.82, 2.24) is 5.32 Å². The number of rotatable bonds is 50. The minimum atomic E-state index is -0.650. The van der Waals surface area contributed by atoms with E-state index in [9.17, 15) is 15.0 Å². The molecule has 2 atom stereocenters. The molecule has 0 aromatic carbocycles. The Kier molecular flexibility index (Phi) is 49.2. The van der Waals surface area contributed by atoms with Gasteiger partial charge in [-0.1, -0.05) is 296 Å². The van der Waals surface area contributed by atoms with Crippen LogP contribution in [0.25, 0.3) is 0 Å². The molecule has 0 aromatic rings. The van der Waals surface area contributed by atoms with Crippen molar-refractivity contribution in [1.29, 1.82) is 0 Å². The Bertz CT molecular complexity index is 744. The molecule has 2 unspecified atom stereocenters. The van der Waals surface area contributed by atoms with Gasteiger partial charge in [-0.3, -0.25) is 4.79 Å². The molecule has 0 spiro atoms. The van der Waals surface area contributed by atoms with E-state index in [1.54, 1.807) is 0 Å². The number of amides is 1. The topological polar surface area (TPSA) is 69.6 Å². The highest BCUT2D eigenvalue weighted by molar-refractivity contribution is 5.76. The van der Waals surface area contributed by atoms with Crippen LogP contribution in [-0.2, 0) is 4.79 Å². The van der Waals surface area contributed by atoms with Crippen molar-refractivity contribution in [2.45, 2.75) is 328 Å². The summed E-state index contributed by atoms with van der Waals surface area (Å²) in [6.07, 6.45) is 63.0. The van der Waals surface area contributed by atoms with Crippen molar-refractivity contribution in [2.75, 3.05) is 6.61 Å². The van der Waals surface area contributed by atoms with E-state index in [0.717, 1.165) is 25.7 Å². The summed E-state index contributed by atoms with van der Waals surface area (Å²) in [6.45, 7) is 4.31. The molecule has 0 heterocycles. The van der Waals surface area contributed by atoms with E-state index in [4.69, 9.17) is 0 Å². The number of unbranched alkanes of at least 4 members (excludes halogenated alkanes) is 43. The van der Waals surface area contributed by atoms with Crippen LogP contribution in [0.1, 0.15) is 316 Å². The molecule has 0 saturated carbocycles. The SMILES string of the molecule is CCCCCCCCCCCCCCCCCCCCCCCCCCCCCCCCCCCCCCCCCCC(=O)NC(CO)C(O)CCCCCCC. The van der Waals surface area contributed by atoms with Gasteiger partial charge in [-0.25, -0.2) is 0 Å². The molecule has 1 amide bonds. The average molecular weight is 806 g/mol. The highest BCUT2D eigenvalue weighted by Gasteiger charge is 2.20. The number of hydrogen-bond acceptors (Lipinski definition) is 3. The molecule has 0 rings (SSSR count). The first-order chi connectivity index (χ1) is 28.2. The van der Waals surface area contributed by atoms with Gasteiger partial charge < -0.3 is 15.5 Å². The molecular weight excluding hydrogens is 699 g/mol. The van der Waals surface area contributed by atoms with Crippen molar-refractivity contribution in [3.05, 3.63) is 0 Å². The molecule has 4 nitrogen and oxygen atoms in total. The molecular formula is C53H107NO3.